The Balaban J connectivity index is 0.00000192. The minimum atomic E-state index is -0.202. The summed E-state index contributed by atoms with van der Waals surface area (Å²) in [5.41, 5.74) is 7.11. The van der Waals surface area contributed by atoms with E-state index < -0.39 is 0 Å². The third-order valence-electron chi connectivity index (χ3n) is 3.92. The highest BCUT2D eigenvalue weighted by Gasteiger charge is 2.23. The smallest absolute Gasteiger partial charge is 0.276 e. The summed E-state index contributed by atoms with van der Waals surface area (Å²) in [7, 11) is 0. The number of carbonyl (C=O) groups is 1. The van der Waals surface area contributed by atoms with Crippen LogP contribution in [0.5, 0.6) is 0 Å². The van der Waals surface area contributed by atoms with Crippen molar-refractivity contribution in [3.05, 3.63) is 26.7 Å². The number of aromatic nitrogens is 2. The second-order valence-electron chi connectivity index (χ2n) is 5.57. The van der Waals surface area contributed by atoms with E-state index in [1.165, 1.54) is 35.5 Å². The number of anilines is 1. The van der Waals surface area contributed by atoms with E-state index in [0.717, 1.165) is 29.5 Å². The largest absolute Gasteiger partial charge is 0.325 e. The molecule has 23 heavy (non-hydrogen) atoms. The van der Waals surface area contributed by atoms with Crippen molar-refractivity contribution in [2.75, 3.05) is 5.32 Å². The van der Waals surface area contributed by atoms with E-state index in [9.17, 15) is 4.79 Å². The van der Waals surface area contributed by atoms with Gasteiger partial charge in [-0.05, 0) is 25.2 Å². The molecule has 8 heteroatoms. The monoisotopic (exact) mass is 372 g/mol. The molecule has 1 atom stereocenters. The summed E-state index contributed by atoms with van der Waals surface area (Å²) in [6.45, 7) is 2.60. The van der Waals surface area contributed by atoms with Crippen LogP contribution in [0, 0.1) is 5.92 Å². The number of hydrogen-bond acceptors (Lipinski definition) is 6. The minimum Gasteiger partial charge on any atom is -0.325 e. The molecule has 1 aliphatic rings. The van der Waals surface area contributed by atoms with Crippen LogP contribution in [0.3, 0.4) is 0 Å². The molecule has 0 radical (unpaired) electrons. The van der Waals surface area contributed by atoms with Crippen molar-refractivity contribution in [3.8, 4) is 0 Å². The number of rotatable bonds is 5. The second-order valence-corrected chi connectivity index (χ2v) is 7.60. The van der Waals surface area contributed by atoms with Crippen molar-refractivity contribution in [2.24, 2.45) is 11.7 Å². The van der Waals surface area contributed by atoms with Gasteiger partial charge in [-0.1, -0.05) is 19.8 Å². The Morgan fingerprint density at radius 3 is 3.00 bits per heavy atom. The van der Waals surface area contributed by atoms with E-state index in [2.05, 4.69) is 22.2 Å². The Kier molecular flexibility index (Phi) is 6.52. The standard InChI is InChI=1S/C15H20N4OS2.ClH/c1-2-3-9-4-5-10-12(6-9)22-15(18-10)19-14(20)11-8-21-13(7-16)17-11;/h8-9H,2-7,16H2,1H3,(H,18,19,20);1H. The fraction of sp³-hybridized carbons (Fsp3) is 0.533. The van der Waals surface area contributed by atoms with Gasteiger partial charge in [0.05, 0.1) is 5.69 Å². The number of hydrogen-bond donors (Lipinski definition) is 2. The van der Waals surface area contributed by atoms with E-state index in [1.807, 2.05) is 0 Å². The number of carbonyl (C=O) groups excluding carboxylic acids is 1. The molecule has 1 aliphatic carbocycles. The number of nitrogens with two attached hydrogens (primary N) is 1. The zero-order valence-electron chi connectivity index (χ0n) is 13.0. The number of nitrogens with one attached hydrogen (secondary N) is 1. The number of amides is 1. The highest BCUT2D eigenvalue weighted by Crippen LogP contribution is 2.34. The Labute approximate surface area is 150 Å². The molecule has 1 amide bonds. The fourth-order valence-corrected chi connectivity index (χ4v) is 4.59. The molecule has 3 N–H and O–H groups in total. The predicted molar refractivity (Wildman–Crippen MR) is 97.7 cm³/mol. The maximum Gasteiger partial charge on any atom is 0.276 e. The molecule has 3 rings (SSSR count). The van der Waals surface area contributed by atoms with Gasteiger partial charge in [-0.25, -0.2) is 9.97 Å². The van der Waals surface area contributed by atoms with Crippen LogP contribution in [0.15, 0.2) is 5.38 Å². The number of thiazole rings is 2. The van der Waals surface area contributed by atoms with Gasteiger partial charge in [0.15, 0.2) is 5.13 Å². The van der Waals surface area contributed by atoms with Gasteiger partial charge in [-0.3, -0.25) is 10.1 Å². The summed E-state index contributed by atoms with van der Waals surface area (Å²) in [5.74, 6) is 0.569. The molecule has 0 spiro atoms. The zero-order chi connectivity index (χ0) is 15.5. The van der Waals surface area contributed by atoms with Crippen molar-refractivity contribution < 1.29 is 4.79 Å². The maximum atomic E-state index is 12.2. The molecule has 2 aromatic heterocycles. The molecule has 0 saturated heterocycles. The van der Waals surface area contributed by atoms with Crippen LogP contribution in [0.1, 0.15) is 52.3 Å². The summed E-state index contributed by atoms with van der Waals surface area (Å²) < 4.78 is 0. The lowest BCUT2D eigenvalue weighted by Crippen LogP contribution is -2.13. The summed E-state index contributed by atoms with van der Waals surface area (Å²) in [5, 5.41) is 6.07. The van der Waals surface area contributed by atoms with E-state index in [1.54, 1.807) is 16.7 Å². The first kappa shape index (κ1) is 18.3. The normalized spacial score (nSPS) is 16.5. The Morgan fingerprint density at radius 1 is 1.48 bits per heavy atom. The number of aryl methyl sites for hydroxylation is 1. The van der Waals surface area contributed by atoms with E-state index >= 15 is 0 Å². The fourth-order valence-electron chi connectivity index (χ4n) is 2.82. The van der Waals surface area contributed by atoms with Gasteiger partial charge in [0.2, 0.25) is 0 Å². The second kappa shape index (κ2) is 8.19. The van der Waals surface area contributed by atoms with Crippen LogP contribution in [-0.4, -0.2) is 15.9 Å². The van der Waals surface area contributed by atoms with E-state index in [0.29, 0.717) is 17.4 Å². The molecule has 0 bridgehead atoms. The highest BCUT2D eigenvalue weighted by atomic mass is 35.5. The molecule has 0 saturated carbocycles. The maximum absolute atomic E-state index is 12.2. The lowest BCUT2D eigenvalue weighted by molar-refractivity contribution is 0.102. The van der Waals surface area contributed by atoms with E-state index in [4.69, 9.17) is 5.73 Å². The molecule has 2 heterocycles. The summed E-state index contributed by atoms with van der Waals surface area (Å²) in [6, 6.07) is 0. The Morgan fingerprint density at radius 2 is 2.30 bits per heavy atom. The van der Waals surface area contributed by atoms with Crippen molar-refractivity contribution in [2.45, 2.75) is 45.6 Å². The molecule has 0 aromatic carbocycles. The van der Waals surface area contributed by atoms with Gasteiger partial charge in [-0.15, -0.1) is 35.1 Å². The van der Waals surface area contributed by atoms with Crippen LogP contribution in [0.4, 0.5) is 5.13 Å². The average molecular weight is 373 g/mol. The van der Waals surface area contributed by atoms with Gasteiger partial charge in [0, 0.05) is 16.8 Å². The first-order chi connectivity index (χ1) is 10.7. The average Bonchev–Trinajstić information content (AvgIpc) is 3.12. The highest BCUT2D eigenvalue weighted by molar-refractivity contribution is 7.16. The van der Waals surface area contributed by atoms with Crippen LogP contribution in [0.25, 0.3) is 0 Å². The van der Waals surface area contributed by atoms with Crippen LogP contribution < -0.4 is 11.1 Å². The third-order valence-corrected chi connectivity index (χ3v) is 5.82. The van der Waals surface area contributed by atoms with Crippen molar-refractivity contribution >= 4 is 46.1 Å². The van der Waals surface area contributed by atoms with Crippen molar-refractivity contribution in [1.29, 1.82) is 0 Å². The SMILES string of the molecule is CCCC1CCc2nc(NC(=O)c3csc(CN)n3)sc2C1.Cl. The first-order valence-electron chi connectivity index (χ1n) is 7.64. The first-order valence-corrected chi connectivity index (χ1v) is 9.33. The minimum absolute atomic E-state index is 0. The van der Waals surface area contributed by atoms with Gasteiger partial charge < -0.3 is 5.73 Å². The van der Waals surface area contributed by atoms with E-state index in [-0.39, 0.29) is 18.3 Å². The summed E-state index contributed by atoms with van der Waals surface area (Å²) in [4.78, 5) is 22.3. The van der Waals surface area contributed by atoms with Gasteiger partial charge >= 0.3 is 0 Å². The van der Waals surface area contributed by atoms with Crippen LogP contribution in [-0.2, 0) is 19.4 Å². The lowest BCUT2D eigenvalue weighted by atomic mass is 9.88. The number of nitrogens with zero attached hydrogens (tertiary/aromatic N) is 2. The van der Waals surface area contributed by atoms with Crippen LogP contribution >= 0.6 is 35.1 Å². The molecule has 1 unspecified atom stereocenters. The van der Waals surface area contributed by atoms with Gasteiger partial charge in [0.1, 0.15) is 10.7 Å². The lowest BCUT2D eigenvalue weighted by Gasteiger charge is -2.19. The molecule has 0 aliphatic heterocycles. The van der Waals surface area contributed by atoms with Gasteiger partial charge in [-0.2, -0.15) is 0 Å². The molecular weight excluding hydrogens is 352 g/mol. The van der Waals surface area contributed by atoms with Crippen LogP contribution in [0.2, 0.25) is 0 Å². The topological polar surface area (TPSA) is 80.9 Å². The number of halogens is 1. The molecule has 0 fully saturated rings. The molecular formula is C15H21ClN4OS2. The predicted octanol–water partition coefficient (Wildman–Crippen LogP) is 3.64. The molecule has 5 nitrogen and oxygen atoms in total. The third kappa shape index (κ3) is 4.29. The van der Waals surface area contributed by atoms with Crippen molar-refractivity contribution in [1.82, 2.24) is 9.97 Å². The van der Waals surface area contributed by atoms with Crippen molar-refractivity contribution in [3.63, 3.8) is 0 Å². The summed E-state index contributed by atoms with van der Waals surface area (Å²) in [6.07, 6.45) is 5.85. The number of fused-ring (bicyclic) bond motifs is 1. The summed E-state index contributed by atoms with van der Waals surface area (Å²) >= 11 is 3.02. The molecule has 2 aromatic rings. The quantitative estimate of drug-likeness (QED) is 0.839. The van der Waals surface area contributed by atoms with Gasteiger partial charge in [0.25, 0.3) is 5.91 Å². The zero-order valence-corrected chi connectivity index (χ0v) is 15.5. The Bertz CT molecular complexity index is 670. The molecule has 126 valence electrons. The Hall–Kier alpha value is -1.02.